The van der Waals surface area contributed by atoms with Gasteiger partial charge in [0, 0.05) is 16.2 Å². The molecule has 1 nitrogen and oxygen atoms in total. The van der Waals surface area contributed by atoms with Crippen molar-refractivity contribution in [2.75, 3.05) is 0 Å². The highest BCUT2D eigenvalue weighted by Crippen LogP contribution is 2.63. The van der Waals surface area contributed by atoms with Gasteiger partial charge in [-0.15, -0.1) is 0 Å². The molecule has 0 saturated heterocycles. The zero-order chi connectivity index (χ0) is 96.4. The first-order chi connectivity index (χ1) is 68.1. The molecule has 0 radical (unpaired) electrons. The summed E-state index contributed by atoms with van der Waals surface area (Å²) in [4.78, 5) is 0. The Bertz CT molecular complexity index is 7790. The second kappa shape index (κ2) is 36.9. The van der Waals surface area contributed by atoms with Gasteiger partial charge in [0.05, 0.1) is 21.7 Å². The van der Waals surface area contributed by atoms with Crippen LogP contribution in [0.15, 0.2) is 465 Å². The summed E-state index contributed by atoms with van der Waals surface area (Å²) in [5, 5.41) is 2.41. The van der Waals surface area contributed by atoms with E-state index < -0.39 is 0 Å². The second-order valence-corrected chi connectivity index (χ2v) is 39.9. The molecule has 680 valence electrons. The van der Waals surface area contributed by atoms with Crippen LogP contribution in [0.1, 0.15) is 181 Å². The molecule has 0 atom stereocenters. The molecule has 5 aliphatic rings. The van der Waals surface area contributed by atoms with Crippen LogP contribution in [0, 0.1) is 83.1 Å². The van der Waals surface area contributed by atoms with Gasteiger partial charge in [0.15, 0.2) is 0 Å². The minimum Gasteiger partial charge on any atom is -0.456 e. The predicted octanol–water partition coefficient (Wildman–Crippen LogP) is 35.5. The van der Waals surface area contributed by atoms with Crippen molar-refractivity contribution < 1.29 is 4.42 Å². The standard InChI is InChI=1S/4C27H22.C17H18.C14H12O/c1-19-11-9-17-23-24-18-10-12-20(2)26(24)27(25(19)23,21-13-5-3-6-14-21)22-15-7-4-8-16-22;1-19-14-16-25-24(17-19)23-15-13-20(2)18-26(23)27(25,21-9-5-3-6-10-21)22-11-7-4-8-12-22;1-19-13-15-25-23(17-19)24-18-20(2)14-16-26(24)27(25,21-9-5-3-6-10-21)22-11-7-4-8-12-22;1-19-13-15-23-24-16-14-20(2)18-26(24)27(25(23)17-19,21-9-5-3-6-10-21)22-11-7-4-8-12-22;1-11-7-5-9-13-14-10-6-8-12(2)16(14)17(3,4)15(11)13;1-9-3-5-11-12-6-4-10(2)8-14(12)15-13(11)7-9/h4*3-18H,1-2H3;5-10H,1-4H3;3-8H,1-2H3. The van der Waals surface area contributed by atoms with Crippen molar-refractivity contribution >= 4 is 21.9 Å². The lowest BCUT2D eigenvalue weighted by atomic mass is 9.66. The van der Waals surface area contributed by atoms with Crippen LogP contribution in [-0.2, 0) is 27.1 Å². The van der Waals surface area contributed by atoms with Gasteiger partial charge in [0.2, 0.25) is 0 Å². The monoisotopic (exact) mass is 1800 g/mol. The Morgan fingerprint density at radius 3 is 0.643 bits per heavy atom. The Balaban J connectivity index is 0.000000101. The summed E-state index contributed by atoms with van der Waals surface area (Å²) in [6, 6.07) is 169. The lowest BCUT2D eigenvalue weighted by molar-refractivity contribution is 0.651. The van der Waals surface area contributed by atoms with Crippen molar-refractivity contribution in [1.82, 2.24) is 0 Å². The molecule has 0 saturated carbocycles. The largest absolute Gasteiger partial charge is 0.456 e. The van der Waals surface area contributed by atoms with Gasteiger partial charge in [-0.2, -0.15) is 0 Å². The molecule has 21 aromatic rings. The average Bonchev–Trinajstić information content (AvgIpc) is 1.55. The highest BCUT2D eigenvalue weighted by atomic mass is 16.3. The van der Waals surface area contributed by atoms with Gasteiger partial charge in [-0.05, 0) is 284 Å². The molecule has 20 aromatic carbocycles. The van der Waals surface area contributed by atoms with E-state index in [0.717, 1.165) is 11.2 Å². The van der Waals surface area contributed by atoms with Crippen LogP contribution in [-0.4, -0.2) is 0 Å². The summed E-state index contributed by atoms with van der Waals surface area (Å²) in [6.45, 7) is 30.9. The van der Waals surface area contributed by atoms with Gasteiger partial charge in [0.25, 0.3) is 0 Å². The number of hydrogen-bond acceptors (Lipinski definition) is 1. The van der Waals surface area contributed by atoms with Crippen molar-refractivity contribution in [3.05, 3.63) is 628 Å². The minimum atomic E-state index is -0.274. The molecule has 0 amide bonds. The number of aryl methyl sites for hydroxylation is 12. The lowest BCUT2D eigenvalue weighted by Crippen LogP contribution is -2.30. The van der Waals surface area contributed by atoms with Gasteiger partial charge >= 0.3 is 0 Å². The first-order valence-corrected chi connectivity index (χ1v) is 49.6. The highest BCUT2D eigenvalue weighted by Gasteiger charge is 2.51. The summed E-state index contributed by atoms with van der Waals surface area (Å²) >= 11 is 0. The number of furan rings is 1. The van der Waals surface area contributed by atoms with Gasteiger partial charge in [0.1, 0.15) is 11.2 Å². The summed E-state index contributed by atoms with van der Waals surface area (Å²) in [5.74, 6) is 0. The van der Waals surface area contributed by atoms with Gasteiger partial charge < -0.3 is 4.42 Å². The highest BCUT2D eigenvalue weighted by molar-refractivity contribution is 6.05. The van der Waals surface area contributed by atoms with E-state index in [0.29, 0.717) is 0 Å². The summed E-state index contributed by atoms with van der Waals surface area (Å²) < 4.78 is 5.81. The van der Waals surface area contributed by atoms with E-state index in [1.807, 2.05) is 0 Å². The van der Waals surface area contributed by atoms with Crippen LogP contribution in [0.25, 0.3) is 77.6 Å². The topological polar surface area (TPSA) is 13.1 Å². The molecule has 26 rings (SSSR count). The Morgan fingerprint density at radius 1 is 0.150 bits per heavy atom. The van der Waals surface area contributed by atoms with Gasteiger partial charge in [-0.25, -0.2) is 0 Å². The Kier molecular flexibility index (Phi) is 23.9. The minimum absolute atomic E-state index is 0.140. The molecule has 1 heteroatoms. The van der Waals surface area contributed by atoms with Crippen molar-refractivity contribution in [2.24, 2.45) is 0 Å². The SMILES string of the molecule is Cc1ccc2c(c1)-c1cc(C)ccc1C2(c1ccccc1)c1ccccc1.Cc1ccc2c(c1)-c1ccc(C)cc1C2(c1ccccc1)c1ccccc1.Cc1ccc2c(c1)C(c1ccccc1)(c1ccccc1)c1cc(C)ccc1-2.Cc1ccc2c(c1)oc1cc(C)ccc12.Cc1cccc2c1C(C)(C)c1c(C)cccc1-2.Cc1cccc2c1C(c1ccccc1)(c1ccccc1)c1c(C)cccc1-2. The van der Waals surface area contributed by atoms with Crippen LogP contribution in [0.4, 0.5) is 0 Å². The van der Waals surface area contributed by atoms with E-state index in [1.54, 1.807) is 0 Å². The molecule has 1 aromatic heterocycles. The van der Waals surface area contributed by atoms with E-state index >= 15 is 0 Å². The molecule has 0 N–H and O–H groups in total. The van der Waals surface area contributed by atoms with E-state index in [2.05, 4.69) is 558 Å². The molecular formula is C139H118O. The third kappa shape index (κ3) is 15.2. The molecule has 0 fully saturated rings. The number of fused-ring (bicyclic) bond motifs is 18. The van der Waals surface area contributed by atoms with E-state index in [4.69, 9.17) is 4.42 Å². The quantitative estimate of drug-likeness (QED) is 0.148. The number of benzene rings is 20. The van der Waals surface area contributed by atoms with E-state index in [9.17, 15) is 0 Å². The van der Waals surface area contributed by atoms with Crippen molar-refractivity contribution in [1.29, 1.82) is 0 Å². The van der Waals surface area contributed by atoms with Crippen LogP contribution in [0.5, 0.6) is 0 Å². The third-order valence-electron chi connectivity index (χ3n) is 30.5. The first-order valence-electron chi connectivity index (χ1n) is 49.6. The molecule has 0 aliphatic heterocycles. The van der Waals surface area contributed by atoms with Gasteiger partial charge in [-0.1, -0.05) is 496 Å². The maximum Gasteiger partial charge on any atom is 0.135 e. The van der Waals surface area contributed by atoms with E-state index in [-0.39, 0.29) is 27.1 Å². The van der Waals surface area contributed by atoms with Crippen LogP contribution in [0.3, 0.4) is 0 Å². The van der Waals surface area contributed by atoms with Crippen molar-refractivity contribution in [3.63, 3.8) is 0 Å². The van der Waals surface area contributed by atoms with Crippen molar-refractivity contribution in [3.8, 4) is 55.6 Å². The van der Waals surface area contributed by atoms with Crippen LogP contribution < -0.4 is 0 Å². The molecule has 1 heterocycles. The number of rotatable bonds is 8. The Hall–Kier alpha value is -15.8. The Morgan fingerprint density at radius 2 is 0.357 bits per heavy atom. The predicted molar refractivity (Wildman–Crippen MR) is 590 cm³/mol. The second-order valence-electron chi connectivity index (χ2n) is 39.9. The Labute approximate surface area is 828 Å². The summed E-state index contributed by atoms with van der Waals surface area (Å²) in [6.07, 6.45) is 0. The van der Waals surface area contributed by atoms with Crippen molar-refractivity contribution in [2.45, 2.75) is 124 Å². The number of hydrogen-bond donors (Lipinski definition) is 0. The molecule has 0 spiro atoms. The molecule has 0 unspecified atom stereocenters. The normalized spacial score (nSPS) is 13.8. The molecule has 140 heavy (non-hydrogen) atoms. The maximum atomic E-state index is 5.81. The molecule has 0 bridgehead atoms. The zero-order valence-electron chi connectivity index (χ0n) is 82.8. The average molecular weight is 1800 g/mol. The smallest absolute Gasteiger partial charge is 0.135 e. The van der Waals surface area contributed by atoms with Crippen LogP contribution in [0.2, 0.25) is 0 Å². The maximum absolute atomic E-state index is 5.81. The first kappa shape index (κ1) is 90.7. The lowest BCUT2D eigenvalue weighted by Gasteiger charge is -2.35. The fraction of sp³-hybridized carbons (Fsp3) is 0.137. The van der Waals surface area contributed by atoms with Gasteiger partial charge in [-0.3, -0.25) is 0 Å². The fourth-order valence-corrected chi connectivity index (χ4v) is 24.7. The molecule has 5 aliphatic carbocycles. The molecular weight excluding hydrogens is 1690 g/mol. The van der Waals surface area contributed by atoms with Crippen LogP contribution >= 0.6 is 0 Å². The fourth-order valence-electron chi connectivity index (χ4n) is 24.7. The summed E-state index contributed by atoms with van der Waals surface area (Å²) in [5.41, 5.74) is 55.3. The third-order valence-corrected chi connectivity index (χ3v) is 30.5. The zero-order valence-corrected chi connectivity index (χ0v) is 82.8. The van der Waals surface area contributed by atoms with E-state index in [1.165, 1.54) is 233 Å². The summed E-state index contributed by atoms with van der Waals surface area (Å²) in [7, 11) is 0.